The maximum atomic E-state index is 5.62. The molecular weight excluding hydrogens is 240 g/mol. The van der Waals surface area contributed by atoms with Gasteiger partial charge in [-0.25, -0.2) is 0 Å². The van der Waals surface area contributed by atoms with Crippen LogP contribution in [0.2, 0.25) is 0 Å². The number of hydrogen-bond donors (Lipinski definition) is 1. The SMILES string of the molecule is CCC=N/C(=C\N)CC1=Cc2ccccc2SC1. The Morgan fingerprint density at radius 1 is 1.44 bits per heavy atom. The Morgan fingerprint density at radius 3 is 3.06 bits per heavy atom. The molecule has 0 radical (unpaired) electrons. The predicted molar refractivity (Wildman–Crippen MR) is 80.8 cm³/mol. The van der Waals surface area contributed by atoms with Gasteiger partial charge in [0.2, 0.25) is 0 Å². The van der Waals surface area contributed by atoms with E-state index in [1.54, 1.807) is 6.20 Å². The van der Waals surface area contributed by atoms with Crippen LogP contribution in [0.5, 0.6) is 0 Å². The molecule has 0 saturated carbocycles. The van der Waals surface area contributed by atoms with E-state index in [0.717, 1.165) is 24.3 Å². The van der Waals surface area contributed by atoms with E-state index in [1.807, 2.05) is 18.0 Å². The van der Waals surface area contributed by atoms with Crippen molar-refractivity contribution in [2.45, 2.75) is 24.7 Å². The summed E-state index contributed by atoms with van der Waals surface area (Å²) in [6.07, 6.45) is 7.56. The van der Waals surface area contributed by atoms with Crippen molar-refractivity contribution in [2.75, 3.05) is 5.75 Å². The lowest BCUT2D eigenvalue weighted by Crippen LogP contribution is -1.98. The lowest BCUT2D eigenvalue weighted by molar-refractivity contribution is 1.07. The van der Waals surface area contributed by atoms with Crippen LogP contribution in [0.1, 0.15) is 25.3 Å². The molecule has 0 aromatic heterocycles. The molecule has 1 aliphatic rings. The van der Waals surface area contributed by atoms with Crippen molar-refractivity contribution in [2.24, 2.45) is 10.7 Å². The summed E-state index contributed by atoms with van der Waals surface area (Å²) in [4.78, 5) is 5.73. The van der Waals surface area contributed by atoms with E-state index in [1.165, 1.54) is 16.0 Å². The molecule has 1 aromatic rings. The fourth-order valence-electron chi connectivity index (χ4n) is 1.85. The Labute approximate surface area is 113 Å². The van der Waals surface area contributed by atoms with E-state index in [2.05, 4.69) is 42.3 Å². The minimum Gasteiger partial charge on any atom is -0.403 e. The molecule has 3 heteroatoms. The lowest BCUT2D eigenvalue weighted by atomic mass is 10.1. The molecule has 0 atom stereocenters. The van der Waals surface area contributed by atoms with Crippen LogP contribution in [-0.2, 0) is 0 Å². The maximum absolute atomic E-state index is 5.62. The van der Waals surface area contributed by atoms with Crippen LogP contribution in [0.4, 0.5) is 0 Å². The molecule has 1 aliphatic heterocycles. The minimum atomic E-state index is 0.842. The summed E-state index contributed by atoms with van der Waals surface area (Å²) in [5.74, 6) is 1.02. The van der Waals surface area contributed by atoms with Crippen molar-refractivity contribution < 1.29 is 0 Å². The largest absolute Gasteiger partial charge is 0.403 e. The van der Waals surface area contributed by atoms with E-state index in [-0.39, 0.29) is 0 Å². The van der Waals surface area contributed by atoms with Gasteiger partial charge in [-0.1, -0.05) is 36.8 Å². The van der Waals surface area contributed by atoms with Crippen molar-refractivity contribution in [3.8, 4) is 0 Å². The molecule has 1 heterocycles. The van der Waals surface area contributed by atoms with Crippen molar-refractivity contribution in [1.82, 2.24) is 0 Å². The number of aliphatic imine (C=N–C) groups is 1. The zero-order valence-electron chi connectivity index (χ0n) is 10.6. The summed E-state index contributed by atoms with van der Waals surface area (Å²) < 4.78 is 0. The second kappa shape index (κ2) is 6.45. The number of fused-ring (bicyclic) bond motifs is 1. The van der Waals surface area contributed by atoms with E-state index >= 15 is 0 Å². The summed E-state index contributed by atoms with van der Waals surface area (Å²) in [5.41, 5.74) is 9.25. The Morgan fingerprint density at radius 2 is 2.28 bits per heavy atom. The predicted octanol–water partition coefficient (Wildman–Crippen LogP) is 3.85. The maximum Gasteiger partial charge on any atom is 0.0594 e. The molecule has 0 amide bonds. The highest BCUT2D eigenvalue weighted by Gasteiger charge is 2.11. The van der Waals surface area contributed by atoms with Crippen LogP contribution < -0.4 is 5.73 Å². The highest BCUT2D eigenvalue weighted by atomic mass is 32.2. The fourth-order valence-corrected chi connectivity index (χ4v) is 2.85. The van der Waals surface area contributed by atoms with Crippen LogP contribution in [0, 0.1) is 0 Å². The van der Waals surface area contributed by atoms with Gasteiger partial charge in [0.25, 0.3) is 0 Å². The minimum absolute atomic E-state index is 0.842. The van der Waals surface area contributed by atoms with Gasteiger partial charge in [-0.3, -0.25) is 4.99 Å². The smallest absolute Gasteiger partial charge is 0.0594 e. The summed E-state index contributed by atoms with van der Waals surface area (Å²) in [7, 11) is 0. The Balaban J connectivity index is 2.12. The van der Waals surface area contributed by atoms with E-state index < -0.39 is 0 Å². The van der Waals surface area contributed by atoms with Crippen molar-refractivity contribution >= 4 is 24.1 Å². The molecule has 18 heavy (non-hydrogen) atoms. The molecule has 0 fully saturated rings. The molecule has 2 nitrogen and oxygen atoms in total. The standard InChI is InChI=1S/C15H18N2S/c1-2-7-17-14(10-16)9-12-8-13-5-3-4-6-15(13)18-11-12/h3-8,10H,2,9,11,16H2,1H3/b14-10-,17-7?. The number of benzene rings is 1. The molecule has 2 N–H and O–H groups in total. The number of nitrogens with two attached hydrogens (primary N) is 1. The second-order valence-electron chi connectivity index (χ2n) is 4.18. The number of nitrogens with zero attached hydrogens (tertiary/aromatic N) is 1. The Bertz CT molecular complexity index is 501. The number of hydrogen-bond acceptors (Lipinski definition) is 3. The third-order valence-corrected chi connectivity index (χ3v) is 3.93. The molecule has 2 rings (SSSR count). The van der Waals surface area contributed by atoms with Crippen molar-refractivity contribution in [1.29, 1.82) is 0 Å². The first kappa shape index (κ1) is 13.0. The average Bonchev–Trinajstić information content (AvgIpc) is 2.43. The second-order valence-corrected chi connectivity index (χ2v) is 5.20. The average molecular weight is 258 g/mol. The quantitative estimate of drug-likeness (QED) is 0.833. The lowest BCUT2D eigenvalue weighted by Gasteiger charge is -2.15. The molecule has 1 aromatic carbocycles. The molecule has 0 saturated heterocycles. The summed E-state index contributed by atoms with van der Waals surface area (Å²) >= 11 is 1.88. The van der Waals surface area contributed by atoms with Crippen LogP contribution in [0.3, 0.4) is 0 Å². The van der Waals surface area contributed by atoms with Crippen LogP contribution in [0.25, 0.3) is 6.08 Å². The molecular formula is C15H18N2S. The third kappa shape index (κ3) is 3.26. The number of rotatable bonds is 4. The van der Waals surface area contributed by atoms with E-state index in [0.29, 0.717) is 0 Å². The van der Waals surface area contributed by atoms with Crippen molar-refractivity contribution in [3.63, 3.8) is 0 Å². The molecule has 0 aliphatic carbocycles. The first-order valence-corrected chi connectivity index (χ1v) is 7.16. The molecule has 0 spiro atoms. The summed E-state index contributed by atoms with van der Waals surface area (Å²) in [6, 6.07) is 8.49. The van der Waals surface area contributed by atoms with Gasteiger partial charge in [0.15, 0.2) is 0 Å². The Kier molecular flexibility index (Phi) is 4.65. The molecule has 0 unspecified atom stereocenters. The van der Waals surface area contributed by atoms with Gasteiger partial charge in [-0.15, -0.1) is 11.8 Å². The topological polar surface area (TPSA) is 38.4 Å². The highest BCUT2D eigenvalue weighted by molar-refractivity contribution is 7.99. The van der Waals surface area contributed by atoms with Gasteiger partial charge in [0, 0.05) is 29.5 Å². The normalized spacial score (nSPS) is 15.6. The molecule has 94 valence electrons. The number of thioether (sulfide) groups is 1. The van der Waals surface area contributed by atoms with Crippen molar-refractivity contribution in [3.05, 3.63) is 47.3 Å². The summed E-state index contributed by atoms with van der Waals surface area (Å²) in [6.45, 7) is 2.07. The van der Waals surface area contributed by atoms with Gasteiger partial charge in [-0.2, -0.15) is 0 Å². The van der Waals surface area contributed by atoms with Gasteiger partial charge in [0.05, 0.1) is 5.70 Å². The van der Waals surface area contributed by atoms with Gasteiger partial charge < -0.3 is 5.73 Å². The van der Waals surface area contributed by atoms with E-state index in [4.69, 9.17) is 5.73 Å². The highest BCUT2D eigenvalue weighted by Crippen LogP contribution is 2.33. The van der Waals surface area contributed by atoms with Gasteiger partial charge in [0.1, 0.15) is 0 Å². The fraction of sp³-hybridized carbons (Fsp3) is 0.267. The van der Waals surface area contributed by atoms with E-state index in [9.17, 15) is 0 Å². The van der Waals surface area contributed by atoms with Gasteiger partial charge >= 0.3 is 0 Å². The zero-order valence-corrected chi connectivity index (χ0v) is 11.4. The zero-order chi connectivity index (χ0) is 12.8. The first-order valence-electron chi connectivity index (χ1n) is 6.18. The van der Waals surface area contributed by atoms with Gasteiger partial charge in [-0.05, 0) is 18.1 Å². The molecule has 0 bridgehead atoms. The van der Waals surface area contributed by atoms with Crippen LogP contribution >= 0.6 is 11.8 Å². The van der Waals surface area contributed by atoms with Crippen LogP contribution in [-0.4, -0.2) is 12.0 Å². The van der Waals surface area contributed by atoms with Crippen LogP contribution in [0.15, 0.2) is 51.6 Å². The third-order valence-electron chi connectivity index (χ3n) is 2.73. The Hall–Kier alpha value is -1.48. The number of allylic oxidation sites excluding steroid dienone is 1. The first-order chi connectivity index (χ1) is 8.83. The monoisotopic (exact) mass is 258 g/mol. The summed E-state index contributed by atoms with van der Waals surface area (Å²) in [5, 5.41) is 0.